The molecular formula is C12H15N5O2. The molecule has 19 heavy (non-hydrogen) atoms. The molecular weight excluding hydrogens is 246 g/mol. The van der Waals surface area contributed by atoms with Crippen LogP contribution in [0.5, 0.6) is 0 Å². The lowest BCUT2D eigenvalue weighted by Gasteiger charge is -2.04. The van der Waals surface area contributed by atoms with Crippen molar-refractivity contribution in [1.82, 2.24) is 25.1 Å². The number of nitrogens with zero attached hydrogens (tertiary/aromatic N) is 3. The largest absolute Gasteiger partial charge is 0.350 e. The van der Waals surface area contributed by atoms with E-state index in [0.29, 0.717) is 24.2 Å². The van der Waals surface area contributed by atoms with Crippen molar-refractivity contribution < 1.29 is 9.59 Å². The average molecular weight is 261 g/mol. The Kier molecular flexibility index (Phi) is 3.74. The zero-order valence-corrected chi connectivity index (χ0v) is 10.8. The molecule has 2 aromatic heterocycles. The minimum atomic E-state index is -0.213. The van der Waals surface area contributed by atoms with Crippen LogP contribution >= 0.6 is 0 Å². The molecule has 2 rings (SSSR count). The Labute approximate surface area is 110 Å². The predicted molar refractivity (Wildman–Crippen MR) is 67.8 cm³/mol. The first-order valence-corrected chi connectivity index (χ1v) is 5.87. The second kappa shape index (κ2) is 5.47. The van der Waals surface area contributed by atoms with Crippen LogP contribution in [0.3, 0.4) is 0 Å². The Hall–Kier alpha value is -2.44. The number of hydrogen-bond donors (Lipinski definition) is 2. The maximum atomic E-state index is 11.9. The normalized spacial score (nSPS) is 10.4. The zero-order chi connectivity index (χ0) is 13.8. The van der Waals surface area contributed by atoms with Gasteiger partial charge in [0.2, 0.25) is 0 Å². The minimum Gasteiger partial charge on any atom is -0.350 e. The third kappa shape index (κ3) is 3.06. The molecule has 1 amide bonds. The first kappa shape index (κ1) is 13.0. The Morgan fingerprint density at radius 3 is 2.84 bits per heavy atom. The number of aromatic amines is 1. The first-order chi connectivity index (χ1) is 9.08. The number of amides is 1. The summed E-state index contributed by atoms with van der Waals surface area (Å²) in [5, 5.41) is 9.21. The van der Waals surface area contributed by atoms with E-state index in [2.05, 4.69) is 20.5 Å². The highest BCUT2D eigenvalue weighted by molar-refractivity contribution is 5.99. The molecule has 0 aliphatic carbocycles. The fourth-order valence-electron chi connectivity index (χ4n) is 1.72. The fourth-order valence-corrected chi connectivity index (χ4v) is 1.72. The molecule has 0 spiro atoms. The van der Waals surface area contributed by atoms with Gasteiger partial charge in [-0.25, -0.2) is 4.98 Å². The Balaban J connectivity index is 1.94. The highest BCUT2D eigenvalue weighted by Gasteiger charge is 2.13. The fraction of sp³-hybridized carbons (Fsp3) is 0.333. The van der Waals surface area contributed by atoms with Crippen LogP contribution in [-0.2, 0) is 13.5 Å². The standard InChI is InChI=1S/C12H15N5O2/c1-8(18)9-5-10(17(2)6-9)12(19)13-4-3-11-14-7-15-16-11/h5-7H,3-4H2,1-2H3,(H,13,19)(H,14,15,16). The van der Waals surface area contributed by atoms with E-state index in [1.54, 1.807) is 23.9 Å². The number of ketones is 1. The van der Waals surface area contributed by atoms with Crippen LogP contribution in [0.4, 0.5) is 0 Å². The van der Waals surface area contributed by atoms with E-state index in [1.807, 2.05) is 0 Å². The van der Waals surface area contributed by atoms with Crippen LogP contribution < -0.4 is 5.32 Å². The second-order valence-electron chi connectivity index (χ2n) is 4.22. The lowest BCUT2D eigenvalue weighted by atomic mass is 10.2. The number of carbonyl (C=O) groups excluding carboxylic acids is 2. The summed E-state index contributed by atoms with van der Waals surface area (Å²) in [6.45, 7) is 1.93. The lowest BCUT2D eigenvalue weighted by Crippen LogP contribution is -2.27. The Morgan fingerprint density at radius 1 is 1.47 bits per heavy atom. The summed E-state index contributed by atoms with van der Waals surface area (Å²) in [6, 6.07) is 1.59. The minimum absolute atomic E-state index is 0.0590. The summed E-state index contributed by atoms with van der Waals surface area (Å²) < 4.78 is 1.64. The SMILES string of the molecule is CC(=O)c1cc(C(=O)NCCc2ncn[nH]2)n(C)c1. The van der Waals surface area contributed by atoms with Crippen molar-refractivity contribution >= 4 is 11.7 Å². The van der Waals surface area contributed by atoms with Gasteiger partial charge >= 0.3 is 0 Å². The molecule has 7 nitrogen and oxygen atoms in total. The molecule has 2 aromatic rings. The Bertz CT molecular complexity index is 585. The average Bonchev–Trinajstić information content (AvgIpc) is 2.98. The van der Waals surface area contributed by atoms with Crippen LogP contribution in [0.2, 0.25) is 0 Å². The molecule has 0 aliphatic heterocycles. The van der Waals surface area contributed by atoms with E-state index < -0.39 is 0 Å². The quantitative estimate of drug-likeness (QED) is 0.758. The van der Waals surface area contributed by atoms with E-state index >= 15 is 0 Å². The second-order valence-corrected chi connectivity index (χ2v) is 4.22. The van der Waals surface area contributed by atoms with Crippen molar-refractivity contribution in [3.05, 3.63) is 35.7 Å². The summed E-state index contributed by atoms with van der Waals surface area (Å²) in [6.07, 6.45) is 3.65. The van der Waals surface area contributed by atoms with Crippen LogP contribution in [0.25, 0.3) is 0 Å². The van der Waals surface area contributed by atoms with Gasteiger partial charge in [-0.1, -0.05) is 0 Å². The van der Waals surface area contributed by atoms with E-state index in [4.69, 9.17) is 0 Å². The van der Waals surface area contributed by atoms with Crippen molar-refractivity contribution in [2.45, 2.75) is 13.3 Å². The van der Waals surface area contributed by atoms with E-state index in [0.717, 1.165) is 5.82 Å². The zero-order valence-electron chi connectivity index (χ0n) is 10.8. The van der Waals surface area contributed by atoms with Gasteiger partial charge in [-0.05, 0) is 13.0 Å². The third-order valence-corrected chi connectivity index (χ3v) is 2.76. The summed E-state index contributed by atoms with van der Waals surface area (Å²) in [7, 11) is 1.73. The molecule has 0 atom stereocenters. The number of hydrogen-bond acceptors (Lipinski definition) is 4. The topological polar surface area (TPSA) is 92.7 Å². The van der Waals surface area contributed by atoms with Crippen molar-refractivity contribution in [3.8, 4) is 0 Å². The number of H-pyrrole nitrogens is 1. The molecule has 7 heteroatoms. The van der Waals surface area contributed by atoms with Crippen molar-refractivity contribution in [1.29, 1.82) is 0 Å². The van der Waals surface area contributed by atoms with E-state index in [1.165, 1.54) is 13.3 Å². The molecule has 0 unspecified atom stereocenters. The first-order valence-electron chi connectivity index (χ1n) is 5.87. The Morgan fingerprint density at radius 2 is 2.26 bits per heavy atom. The van der Waals surface area contributed by atoms with Gasteiger partial charge in [0.25, 0.3) is 5.91 Å². The number of carbonyl (C=O) groups is 2. The van der Waals surface area contributed by atoms with Gasteiger partial charge in [-0.15, -0.1) is 0 Å². The van der Waals surface area contributed by atoms with Gasteiger partial charge in [0.05, 0.1) is 0 Å². The molecule has 0 aliphatic rings. The maximum absolute atomic E-state index is 11.9. The number of nitrogens with one attached hydrogen (secondary N) is 2. The van der Waals surface area contributed by atoms with Gasteiger partial charge in [0.15, 0.2) is 5.78 Å². The molecule has 0 bridgehead atoms. The molecule has 100 valence electrons. The smallest absolute Gasteiger partial charge is 0.267 e. The monoisotopic (exact) mass is 261 g/mol. The van der Waals surface area contributed by atoms with Crippen molar-refractivity contribution in [2.24, 2.45) is 7.05 Å². The highest BCUT2D eigenvalue weighted by atomic mass is 16.2. The highest BCUT2D eigenvalue weighted by Crippen LogP contribution is 2.07. The number of aromatic nitrogens is 4. The van der Waals surface area contributed by atoms with Gasteiger partial charge < -0.3 is 9.88 Å². The predicted octanol–water partition coefficient (Wildman–Crippen LogP) is 0.318. The molecule has 2 N–H and O–H groups in total. The number of rotatable bonds is 5. The number of Topliss-reactive ketones (excluding diaryl/α,β-unsaturated/α-hetero) is 1. The molecule has 0 aromatic carbocycles. The summed E-state index contributed by atoms with van der Waals surface area (Å²) in [4.78, 5) is 27.1. The van der Waals surface area contributed by atoms with Crippen LogP contribution in [-0.4, -0.2) is 38.0 Å². The van der Waals surface area contributed by atoms with Crippen LogP contribution in [0.1, 0.15) is 33.6 Å². The van der Waals surface area contributed by atoms with Gasteiger partial charge in [0, 0.05) is 31.8 Å². The molecule has 0 saturated heterocycles. The molecule has 2 heterocycles. The summed E-state index contributed by atoms with van der Waals surface area (Å²) in [5.41, 5.74) is 0.991. The lowest BCUT2D eigenvalue weighted by molar-refractivity contribution is 0.0945. The van der Waals surface area contributed by atoms with E-state index in [-0.39, 0.29) is 11.7 Å². The van der Waals surface area contributed by atoms with Gasteiger partial charge in [-0.2, -0.15) is 5.10 Å². The van der Waals surface area contributed by atoms with Gasteiger partial charge in [-0.3, -0.25) is 14.7 Å². The van der Waals surface area contributed by atoms with Crippen molar-refractivity contribution in [2.75, 3.05) is 6.54 Å². The van der Waals surface area contributed by atoms with Gasteiger partial charge in [0.1, 0.15) is 17.8 Å². The summed E-state index contributed by atoms with van der Waals surface area (Å²) >= 11 is 0. The van der Waals surface area contributed by atoms with E-state index in [9.17, 15) is 9.59 Å². The van der Waals surface area contributed by atoms with Crippen LogP contribution in [0.15, 0.2) is 18.6 Å². The summed E-state index contributed by atoms with van der Waals surface area (Å²) in [5.74, 6) is 0.447. The third-order valence-electron chi connectivity index (χ3n) is 2.76. The molecule has 0 radical (unpaired) electrons. The maximum Gasteiger partial charge on any atom is 0.267 e. The van der Waals surface area contributed by atoms with Crippen LogP contribution in [0, 0.1) is 0 Å². The number of aryl methyl sites for hydroxylation is 1. The molecule has 0 fully saturated rings. The van der Waals surface area contributed by atoms with Crippen molar-refractivity contribution in [3.63, 3.8) is 0 Å². The molecule has 0 saturated carbocycles.